The summed E-state index contributed by atoms with van der Waals surface area (Å²) >= 11 is 0. The van der Waals surface area contributed by atoms with Crippen LogP contribution in [0.4, 0.5) is 0 Å². The Hall–Kier alpha value is -3.54. The molecule has 0 aliphatic carbocycles. The molecule has 0 N–H and O–H groups in total. The van der Waals surface area contributed by atoms with Crippen LogP contribution >= 0.6 is 0 Å². The number of sulfonamides is 1. The average molecular weight is 483 g/mol. The molecule has 0 heterocycles. The minimum absolute atomic E-state index is 0.204. The van der Waals surface area contributed by atoms with Gasteiger partial charge in [0.2, 0.25) is 0 Å². The quantitative estimate of drug-likeness (QED) is 0.258. The van der Waals surface area contributed by atoms with Crippen LogP contribution in [0.15, 0.2) is 125 Å². The lowest BCUT2D eigenvalue weighted by Gasteiger charge is -2.30. The number of benzene rings is 4. The van der Waals surface area contributed by atoms with Crippen LogP contribution in [-0.2, 0) is 29.5 Å². The van der Waals surface area contributed by atoms with Crippen LogP contribution in [0.25, 0.3) is 0 Å². The summed E-state index contributed by atoms with van der Waals surface area (Å²) < 4.78 is 30.2. The van der Waals surface area contributed by atoms with Crippen molar-refractivity contribution < 1.29 is 8.42 Å². The summed E-state index contributed by atoms with van der Waals surface area (Å²) in [5.41, 5.74) is 4.46. The van der Waals surface area contributed by atoms with Gasteiger partial charge in [-0.2, -0.15) is 12.8 Å². The molecule has 0 spiro atoms. The highest BCUT2D eigenvalue weighted by Crippen LogP contribution is 2.18. The van der Waals surface area contributed by atoms with Crippen LogP contribution in [0.1, 0.15) is 22.3 Å². The molecule has 0 radical (unpaired) electrons. The highest BCUT2D eigenvalue weighted by atomic mass is 32.2. The number of hydrogen-bond donors (Lipinski definition) is 0. The van der Waals surface area contributed by atoms with Gasteiger partial charge < -0.3 is 0 Å². The minimum Gasteiger partial charge on any atom is -0.287 e. The van der Waals surface area contributed by atoms with Gasteiger partial charge in [-0.25, -0.2) is 0 Å². The fraction of sp³-hybridized carbons (Fsp3) is 0.167. The van der Waals surface area contributed by atoms with E-state index < -0.39 is 10.0 Å². The van der Waals surface area contributed by atoms with Gasteiger partial charge in [0, 0.05) is 19.3 Å². The van der Waals surface area contributed by atoms with Gasteiger partial charge in [0.05, 0.1) is 10.9 Å². The van der Waals surface area contributed by atoms with E-state index in [9.17, 15) is 8.42 Å². The molecule has 0 aliphatic rings. The van der Waals surface area contributed by atoms with E-state index in [0.29, 0.717) is 19.5 Å². The van der Waals surface area contributed by atoms with E-state index in [4.69, 9.17) is 0 Å². The first-order chi connectivity index (χ1) is 17.0. The molecule has 0 amide bonds. The Morgan fingerprint density at radius 2 is 1.14 bits per heavy atom. The van der Waals surface area contributed by atoms with Crippen LogP contribution in [0.2, 0.25) is 0 Å². The lowest BCUT2D eigenvalue weighted by Crippen LogP contribution is -2.37. The first-order valence-electron chi connectivity index (χ1n) is 11.7. The normalized spacial score (nSPS) is 12.7. The Kier molecular flexibility index (Phi) is 8.24. The summed E-state index contributed by atoms with van der Waals surface area (Å²) in [6, 6.07) is 37.2. The van der Waals surface area contributed by atoms with Crippen molar-refractivity contribution in [1.29, 1.82) is 0 Å². The zero-order valence-corrected chi connectivity index (χ0v) is 20.7. The minimum atomic E-state index is -3.80. The van der Waals surface area contributed by atoms with Gasteiger partial charge in [-0.1, -0.05) is 109 Å². The Morgan fingerprint density at radius 3 is 1.63 bits per heavy atom. The zero-order valence-electron chi connectivity index (χ0n) is 19.9. The molecule has 35 heavy (non-hydrogen) atoms. The summed E-state index contributed by atoms with van der Waals surface area (Å²) in [5.74, 6) is 0. The Morgan fingerprint density at radius 1 is 0.686 bits per heavy atom. The lowest BCUT2D eigenvalue weighted by molar-refractivity contribution is 0.225. The van der Waals surface area contributed by atoms with E-state index in [0.717, 1.165) is 22.3 Å². The van der Waals surface area contributed by atoms with Crippen molar-refractivity contribution in [3.63, 3.8) is 0 Å². The number of hydrogen-bond acceptors (Lipinski definition) is 3. The molecule has 0 bridgehead atoms. The SMILES string of the molecule is Cc1ccc(S(=O)(=O)/N=C/[C@H](Cc2ccccc2)N(Cc2ccccc2)Cc2ccccc2)cc1. The van der Waals surface area contributed by atoms with E-state index in [1.807, 2.05) is 61.5 Å². The Bertz CT molecular complexity index is 1280. The lowest BCUT2D eigenvalue weighted by atomic mass is 10.0. The molecule has 0 unspecified atom stereocenters. The van der Waals surface area contributed by atoms with Crippen molar-refractivity contribution in [2.75, 3.05) is 0 Å². The second-order valence-corrected chi connectivity index (χ2v) is 10.3. The van der Waals surface area contributed by atoms with Gasteiger partial charge in [-0.05, 0) is 42.2 Å². The summed E-state index contributed by atoms with van der Waals surface area (Å²) in [6.07, 6.45) is 2.25. The van der Waals surface area contributed by atoms with Crippen molar-refractivity contribution in [3.8, 4) is 0 Å². The Balaban J connectivity index is 1.69. The van der Waals surface area contributed by atoms with Crippen LogP contribution in [0, 0.1) is 6.92 Å². The van der Waals surface area contributed by atoms with Gasteiger partial charge in [-0.3, -0.25) is 4.90 Å². The molecule has 0 saturated heterocycles. The molecule has 0 saturated carbocycles. The molecule has 178 valence electrons. The molecular weight excluding hydrogens is 452 g/mol. The van der Waals surface area contributed by atoms with Crippen molar-refractivity contribution in [2.45, 2.75) is 37.4 Å². The van der Waals surface area contributed by atoms with E-state index in [2.05, 4.69) is 45.7 Å². The van der Waals surface area contributed by atoms with Crippen molar-refractivity contribution in [1.82, 2.24) is 4.90 Å². The molecule has 1 atom stereocenters. The third kappa shape index (κ3) is 7.22. The largest absolute Gasteiger partial charge is 0.287 e. The number of aryl methyl sites for hydroxylation is 1. The fourth-order valence-corrected chi connectivity index (χ4v) is 4.88. The van der Waals surface area contributed by atoms with Gasteiger partial charge >= 0.3 is 0 Å². The van der Waals surface area contributed by atoms with E-state index in [-0.39, 0.29) is 10.9 Å². The zero-order chi connectivity index (χ0) is 24.5. The molecule has 0 aromatic heterocycles. The predicted octanol–water partition coefficient (Wildman–Crippen LogP) is 6.07. The predicted molar refractivity (Wildman–Crippen MR) is 143 cm³/mol. The molecule has 5 heteroatoms. The maximum absolute atomic E-state index is 13.0. The van der Waals surface area contributed by atoms with Gasteiger partial charge in [0.25, 0.3) is 10.0 Å². The first-order valence-corrected chi connectivity index (χ1v) is 13.2. The second kappa shape index (κ2) is 11.7. The Labute approximate surface area is 208 Å². The summed E-state index contributed by atoms with van der Waals surface area (Å²) in [6.45, 7) is 3.27. The maximum atomic E-state index is 13.0. The van der Waals surface area contributed by atoms with E-state index in [1.54, 1.807) is 30.5 Å². The fourth-order valence-electron chi connectivity index (χ4n) is 3.98. The third-order valence-corrected chi connectivity index (χ3v) is 7.17. The van der Waals surface area contributed by atoms with Gasteiger partial charge in [-0.15, -0.1) is 0 Å². The van der Waals surface area contributed by atoms with Crippen molar-refractivity contribution >= 4 is 16.2 Å². The van der Waals surface area contributed by atoms with Crippen LogP contribution in [-0.4, -0.2) is 25.6 Å². The third-order valence-electron chi connectivity index (χ3n) is 5.90. The van der Waals surface area contributed by atoms with Crippen LogP contribution in [0.3, 0.4) is 0 Å². The van der Waals surface area contributed by atoms with E-state index >= 15 is 0 Å². The van der Waals surface area contributed by atoms with E-state index in [1.165, 1.54) is 0 Å². The van der Waals surface area contributed by atoms with Crippen LogP contribution in [0.5, 0.6) is 0 Å². The number of rotatable bonds is 10. The van der Waals surface area contributed by atoms with Crippen molar-refractivity contribution in [2.24, 2.45) is 4.40 Å². The molecule has 4 aromatic rings. The van der Waals surface area contributed by atoms with Crippen LogP contribution < -0.4 is 0 Å². The average Bonchev–Trinajstić information content (AvgIpc) is 2.88. The standard InChI is InChI=1S/C30H30N2O2S/c1-25-17-19-30(20-18-25)35(33,34)31-22-29(21-26-11-5-2-6-12-26)32(23-27-13-7-3-8-14-27)24-28-15-9-4-10-16-28/h2-20,22,29H,21,23-24H2,1H3/b31-22+/t29-/m0/s1. The molecule has 0 fully saturated rings. The maximum Gasteiger partial charge on any atom is 0.282 e. The molecule has 0 aliphatic heterocycles. The molecule has 4 rings (SSSR count). The highest BCUT2D eigenvalue weighted by molar-refractivity contribution is 7.90. The highest BCUT2D eigenvalue weighted by Gasteiger charge is 2.20. The second-order valence-electron chi connectivity index (χ2n) is 8.68. The summed E-state index contributed by atoms with van der Waals surface area (Å²) in [5, 5.41) is 0. The summed E-state index contributed by atoms with van der Waals surface area (Å²) in [7, 11) is -3.80. The molecular formula is C30H30N2O2S. The topological polar surface area (TPSA) is 49.7 Å². The van der Waals surface area contributed by atoms with Gasteiger partial charge in [0.15, 0.2) is 0 Å². The number of nitrogens with zero attached hydrogens (tertiary/aromatic N) is 2. The smallest absolute Gasteiger partial charge is 0.282 e. The summed E-state index contributed by atoms with van der Waals surface area (Å²) in [4.78, 5) is 2.49. The first kappa shape index (κ1) is 24.6. The van der Waals surface area contributed by atoms with Gasteiger partial charge in [0.1, 0.15) is 0 Å². The monoisotopic (exact) mass is 482 g/mol. The van der Waals surface area contributed by atoms with Crippen molar-refractivity contribution in [3.05, 3.63) is 138 Å². The molecule has 4 nitrogen and oxygen atoms in total. The molecule has 4 aromatic carbocycles.